The first-order chi connectivity index (χ1) is 6.83. The first-order valence-electron chi connectivity index (χ1n) is 4.27. The second-order valence-electron chi connectivity index (χ2n) is 2.71. The summed E-state index contributed by atoms with van der Waals surface area (Å²) in [5.41, 5.74) is 1.84. The maximum atomic E-state index is 8.67. The van der Waals surface area contributed by atoms with Crippen LogP contribution in [0.5, 0.6) is 6.08 Å². The molecule has 4 nitrogen and oxygen atoms in total. The Morgan fingerprint density at radius 3 is 3.14 bits per heavy atom. The lowest BCUT2D eigenvalue weighted by atomic mass is 10.2. The molecule has 0 saturated carbocycles. The molecule has 0 saturated heterocycles. The maximum Gasteiger partial charge on any atom is 0.394 e. The minimum Gasteiger partial charge on any atom is -0.450 e. The van der Waals surface area contributed by atoms with Crippen molar-refractivity contribution >= 4 is 11.1 Å². The fourth-order valence-corrected chi connectivity index (χ4v) is 1.16. The molecule has 14 heavy (non-hydrogen) atoms. The van der Waals surface area contributed by atoms with Crippen LogP contribution in [0.25, 0.3) is 11.1 Å². The number of ether oxygens (including phenoxy) is 1. The number of aromatic nitrogens is 1. The predicted octanol–water partition coefficient (Wildman–Crippen LogP) is 2.10. The van der Waals surface area contributed by atoms with Gasteiger partial charge in [-0.2, -0.15) is 10.2 Å². The van der Waals surface area contributed by atoms with Crippen molar-refractivity contribution < 1.29 is 9.15 Å². The highest BCUT2D eigenvalue weighted by Gasteiger charge is 2.06. The molecule has 2 aromatic rings. The van der Waals surface area contributed by atoms with Gasteiger partial charge in [0.25, 0.3) is 0 Å². The van der Waals surface area contributed by atoms with Gasteiger partial charge >= 0.3 is 6.08 Å². The van der Waals surface area contributed by atoms with Gasteiger partial charge in [-0.25, -0.2) is 0 Å². The van der Waals surface area contributed by atoms with Crippen LogP contribution in [0.2, 0.25) is 0 Å². The van der Waals surface area contributed by atoms with Gasteiger partial charge in [0.15, 0.2) is 5.58 Å². The number of oxazole rings is 1. The normalized spacial score (nSPS) is 10.0. The number of hydrogen-bond donors (Lipinski definition) is 0. The molecule has 0 unspecified atom stereocenters. The molecule has 0 N–H and O–H groups in total. The van der Waals surface area contributed by atoms with E-state index in [1.165, 1.54) is 0 Å². The zero-order valence-corrected chi connectivity index (χ0v) is 7.65. The Morgan fingerprint density at radius 1 is 1.57 bits per heavy atom. The Labute approximate surface area is 80.7 Å². The Kier molecular flexibility index (Phi) is 2.07. The van der Waals surface area contributed by atoms with Gasteiger partial charge in [0, 0.05) is 0 Å². The Balaban J connectivity index is 2.50. The molecule has 0 aliphatic rings. The van der Waals surface area contributed by atoms with Crippen molar-refractivity contribution in [2.75, 3.05) is 6.61 Å². The fraction of sp³-hybridized carbons (Fsp3) is 0.200. The summed E-state index contributed by atoms with van der Waals surface area (Å²) in [6.45, 7) is 2.37. The molecule has 1 heterocycles. The van der Waals surface area contributed by atoms with E-state index in [2.05, 4.69) is 4.98 Å². The zero-order chi connectivity index (χ0) is 9.97. The van der Waals surface area contributed by atoms with E-state index in [9.17, 15) is 0 Å². The van der Waals surface area contributed by atoms with E-state index in [1.54, 1.807) is 18.2 Å². The molecule has 0 bridgehead atoms. The van der Waals surface area contributed by atoms with Crippen LogP contribution >= 0.6 is 0 Å². The first-order valence-corrected chi connectivity index (χ1v) is 4.27. The number of rotatable bonds is 2. The average molecular weight is 188 g/mol. The Bertz CT molecular complexity index is 496. The van der Waals surface area contributed by atoms with E-state index >= 15 is 0 Å². The van der Waals surface area contributed by atoms with Crippen molar-refractivity contribution in [2.24, 2.45) is 0 Å². The lowest BCUT2D eigenvalue weighted by Crippen LogP contribution is -1.90. The van der Waals surface area contributed by atoms with Crippen molar-refractivity contribution in [1.29, 1.82) is 5.26 Å². The highest BCUT2D eigenvalue weighted by molar-refractivity contribution is 5.74. The monoisotopic (exact) mass is 188 g/mol. The summed E-state index contributed by atoms with van der Waals surface area (Å²) in [6.07, 6.45) is 0.248. The van der Waals surface area contributed by atoms with Crippen LogP contribution in [0.1, 0.15) is 12.5 Å². The summed E-state index contributed by atoms with van der Waals surface area (Å²) in [4.78, 5) is 4.07. The van der Waals surface area contributed by atoms with Crippen molar-refractivity contribution in [3.8, 4) is 12.1 Å². The lowest BCUT2D eigenvalue weighted by Gasteiger charge is -1.91. The van der Waals surface area contributed by atoms with Crippen LogP contribution in [0, 0.1) is 11.3 Å². The van der Waals surface area contributed by atoms with E-state index in [4.69, 9.17) is 14.4 Å². The third-order valence-corrected chi connectivity index (χ3v) is 1.76. The van der Waals surface area contributed by atoms with Crippen LogP contribution in [-0.2, 0) is 0 Å². The minimum absolute atomic E-state index is 0.248. The van der Waals surface area contributed by atoms with Gasteiger partial charge in [0.1, 0.15) is 5.52 Å². The van der Waals surface area contributed by atoms with Crippen LogP contribution < -0.4 is 4.74 Å². The minimum atomic E-state index is 0.248. The molecular formula is C10H8N2O2. The Hall–Kier alpha value is -2.02. The molecule has 1 aromatic carbocycles. The molecule has 0 amide bonds. The van der Waals surface area contributed by atoms with Crippen LogP contribution in [0.4, 0.5) is 0 Å². The van der Waals surface area contributed by atoms with Crippen LogP contribution in [0.15, 0.2) is 22.6 Å². The second kappa shape index (κ2) is 3.38. The van der Waals surface area contributed by atoms with E-state index < -0.39 is 0 Å². The highest BCUT2D eigenvalue weighted by Crippen LogP contribution is 2.21. The topological polar surface area (TPSA) is 59.0 Å². The van der Waals surface area contributed by atoms with Gasteiger partial charge < -0.3 is 9.15 Å². The first kappa shape index (κ1) is 8.57. The molecule has 2 rings (SSSR count). The molecular weight excluding hydrogens is 180 g/mol. The average Bonchev–Trinajstić information content (AvgIpc) is 2.59. The predicted molar refractivity (Wildman–Crippen MR) is 49.9 cm³/mol. The van der Waals surface area contributed by atoms with E-state index in [0.29, 0.717) is 23.3 Å². The smallest absolute Gasteiger partial charge is 0.394 e. The molecule has 0 spiro atoms. The van der Waals surface area contributed by atoms with E-state index in [-0.39, 0.29) is 6.08 Å². The molecule has 70 valence electrons. The van der Waals surface area contributed by atoms with Crippen molar-refractivity contribution in [2.45, 2.75) is 6.92 Å². The molecule has 0 atom stereocenters. The number of hydrogen-bond acceptors (Lipinski definition) is 4. The molecule has 0 radical (unpaired) electrons. The quantitative estimate of drug-likeness (QED) is 0.724. The number of fused-ring (bicyclic) bond motifs is 1. The molecule has 1 aromatic heterocycles. The van der Waals surface area contributed by atoms with E-state index in [0.717, 1.165) is 0 Å². The molecule has 0 aliphatic heterocycles. The summed E-state index contributed by atoms with van der Waals surface area (Å²) >= 11 is 0. The largest absolute Gasteiger partial charge is 0.450 e. The summed E-state index contributed by atoms with van der Waals surface area (Å²) in [5.74, 6) is 0. The second-order valence-corrected chi connectivity index (χ2v) is 2.71. The fourth-order valence-electron chi connectivity index (χ4n) is 1.16. The Morgan fingerprint density at radius 2 is 2.43 bits per heavy atom. The van der Waals surface area contributed by atoms with Crippen molar-refractivity contribution in [3.05, 3.63) is 23.8 Å². The summed E-state index contributed by atoms with van der Waals surface area (Å²) < 4.78 is 10.4. The van der Waals surface area contributed by atoms with Gasteiger partial charge in [-0.1, -0.05) is 0 Å². The van der Waals surface area contributed by atoms with Gasteiger partial charge in [-0.15, -0.1) is 0 Å². The van der Waals surface area contributed by atoms with Gasteiger partial charge in [0.2, 0.25) is 0 Å². The standard InChI is InChI=1S/C10H8N2O2/c1-2-13-10-12-8-5-7(6-11)3-4-9(8)14-10/h3-5H,2H2,1H3. The number of nitrogens with zero attached hydrogens (tertiary/aromatic N) is 2. The third-order valence-electron chi connectivity index (χ3n) is 1.76. The summed E-state index contributed by atoms with van der Waals surface area (Å²) in [5, 5.41) is 8.67. The molecule has 4 heteroatoms. The van der Waals surface area contributed by atoms with Crippen molar-refractivity contribution in [3.63, 3.8) is 0 Å². The zero-order valence-electron chi connectivity index (χ0n) is 7.65. The maximum absolute atomic E-state index is 8.67. The summed E-state index contributed by atoms with van der Waals surface area (Å²) in [7, 11) is 0. The third kappa shape index (κ3) is 1.40. The summed E-state index contributed by atoms with van der Waals surface area (Å²) in [6, 6.07) is 7.10. The number of benzene rings is 1. The number of nitriles is 1. The lowest BCUT2D eigenvalue weighted by molar-refractivity contribution is 0.251. The molecule has 0 fully saturated rings. The van der Waals surface area contributed by atoms with Gasteiger partial charge in [-0.05, 0) is 25.1 Å². The highest BCUT2D eigenvalue weighted by atomic mass is 16.6. The van der Waals surface area contributed by atoms with Crippen LogP contribution in [-0.4, -0.2) is 11.6 Å². The van der Waals surface area contributed by atoms with Crippen molar-refractivity contribution in [1.82, 2.24) is 4.98 Å². The van der Waals surface area contributed by atoms with Gasteiger partial charge in [0.05, 0.1) is 18.2 Å². The van der Waals surface area contributed by atoms with Gasteiger partial charge in [-0.3, -0.25) is 0 Å². The SMILES string of the molecule is CCOc1nc2cc(C#N)ccc2o1. The molecule has 0 aliphatic carbocycles. The van der Waals surface area contributed by atoms with Crippen LogP contribution in [0.3, 0.4) is 0 Å². The van der Waals surface area contributed by atoms with E-state index in [1.807, 2.05) is 13.0 Å².